The van der Waals surface area contributed by atoms with E-state index in [0.29, 0.717) is 48.4 Å². The number of aromatic nitrogens is 3. The Morgan fingerprint density at radius 3 is 2.84 bits per heavy atom. The van der Waals surface area contributed by atoms with Gasteiger partial charge in [0.15, 0.2) is 18.2 Å². The van der Waals surface area contributed by atoms with E-state index in [1.165, 1.54) is 0 Å². The first-order valence-corrected chi connectivity index (χ1v) is 12.7. The van der Waals surface area contributed by atoms with Gasteiger partial charge >= 0.3 is 6.09 Å². The van der Waals surface area contributed by atoms with E-state index in [4.69, 9.17) is 14.2 Å². The molecular formula is C26H28N6O6. The van der Waals surface area contributed by atoms with Crippen molar-refractivity contribution in [1.29, 1.82) is 0 Å². The molecule has 0 spiro atoms. The minimum atomic E-state index is -0.436. The Kier molecular flexibility index (Phi) is 6.32. The van der Waals surface area contributed by atoms with Crippen molar-refractivity contribution >= 4 is 34.7 Å². The molecule has 2 N–H and O–H groups in total. The molecule has 3 aliphatic rings. The molecule has 12 nitrogen and oxygen atoms in total. The van der Waals surface area contributed by atoms with Gasteiger partial charge in [-0.15, -0.1) is 0 Å². The Hall–Kier alpha value is -4.19. The van der Waals surface area contributed by atoms with Crippen molar-refractivity contribution in [3.8, 4) is 11.6 Å². The predicted molar refractivity (Wildman–Crippen MR) is 138 cm³/mol. The summed E-state index contributed by atoms with van der Waals surface area (Å²) in [7, 11) is 1.55. The summed E-state index contributed by atoms with van der Waals surface area (Å²) >= 11 is 0. The van der Waals surface area contributed by atoms with Crippen LogP contribution in [0, 0.1) is 0 Å². The van der Waals surface area contributed by atoms with E-state index >= 15 is 0 Å². The third-order valence-corrected chi connectivity index (χ3v) is 7.25. The molecule has 5 heterocycles. The van der Waals surface area contributed by atoms with Crippen molar-refractivity contribution in [2.75, 3.05) is 30.5 Å². The highest BCUT2D eigenvalue weighted by molar-refractivity contribution is 5.95. The van der Waals surface area contributed by atoms with Gasteiger partial charge in [0.2, 0.25) is 5.88 Å². The van der Waals surface area contributed by atoms with Crippen LogP contribution in [0.1, 0.15) is 25.7 Å². The summed E-state index contributed by atoms with van der Waals surface area (Å²) in [5, 5.41) is 7.12. The number of carbonyl (C=O) groups is 2. The summed E-state index contributed by atoms with van der Waals surface area (Å²) in [4.78, 5) is 47.4. The smallest absolute Gasteiger partial charge is 0.416 e. The van der Waals surface area contributed by atoms with Crippen LogP contribution in [0.2, 0.25) is 0 Å². The van der Waals surface area contributed by atoms with Crippen molar-refractivity contribution in [3.63, 3.8) is 0 Å². The Labute approximate surface area is 217 Å². The van der Waals surface area contributed by atoms with Gasteiger partial charge in [0.05, 0.1) is 13.2 Å². The molecule has 2 amide bonds. The zero-order valence-corrected chi connectivity index (χ0v) is 20.9. The van der Waals surface area contributed by atoms with Crippen LogP contribution >= 0.6 is 0 Å². The van der Waals surface area contributed by atoms with Crippen LogP contribution in [0.4, 0.5) is 16.4 Å². The fourth-order valence-corrected chi connectivity index (χ4v) is 5.41. The summed E-state index contributed by atoms with van der Waals surface area (Å²) in [5.74, 6) is 1.41. The molecule has 3 atom stereocenters. The van der Waals surface area contributed by atoms with E-state index in [1.807, 2.05) is 6.07 Å². The van der Waals surface area contributed by atoms with Gasteiger partial charge < -0.3 is 24.8 Å². The molecule has 198 valence electrons. The number of nitrogens with one attached hydrogen (secondary N) is 2. The first-order valence-electron chi connectivity index (χ1n) is 12.7. The number of methoxy groups -OCH3 is 1. The zero-order chi connectivity index (χ0) is 26.2. The summed E-state index contributed by atoms with van der Waals surface area (Å²) in [6, 6.07) is 10.5. The average molecular weight is 521 g/mol. The summed E-state index contributed by atoms with van der Waals surface area (Å²) in [6.45, 7) is 1.18. The maximum atomic E-state index is 12.8. The molecule has 0 bridgehead atoms. The van der Waals surface area contributed by atoms with Crippen LogP contribution < -0.4 is 30.6 Å². The van der Waals surface area contributed by atoms with Gasteiger partial charge in [-0.1, -0.05) is 0 Å². The molecule has 3 aromatic rings. The van der Waals surface area contributed by atoms with Gasteiger partial charge in [0.25, 0.3) is 11.5 Å². The van der Waals surface area contributed by atoms with Gasteiger partial charge in [-0.3, -0.25) is 19.1 Å². The lowest BCUT2D eigenvalue weighted by Crippen LogP contribution is -2.46. The first kappa shape index (κ1) is 24.2. The minimum Gasteiger partial charge on any atom is -0.481 e. The van der Waals surface area contributed by atoms with Crippen LogP contribution in [0.25, 0.3) is 11.0 Å². The van der Waals surface area contributed by atoms with E-state index < -0.39 is 6.09 Å². The second-order valence-corrected chi connectivity index (χ2v) is 9.62. The first-order chi connectivity index (χ1) is 18.5. The Balaban J connectivity index is 1.06. The number of hydrogen-bond donors (Lipinski definition) is 2. The van der Waals surface area contributed by atoms with E-state index in [1.54, 1.807) is 46.9 Å². The number of fused-ring (bicyclic) bond motifs is 3. The van der Waals surface area contributed by atoms with Crippen molar-refractivity contribution < 1.29 is 23.8 Å². The highest BCUT2D eigenvalue weighted by atomic mass is 16.6. The summed E-state index contributed by atoms with van der Waals surface area (Å²) in [6.07, 6.45) is 2.35. The third-order valence-electron chi connectivity index (χ3n) is 7.25. The maximum absolute atomic E-state index is 12.8. The summed E-state index contributed by atoms with van der Waals surface area (Å²) < 4.78 is 18.0. The van der Waals surface area contributed by atoms with Gasteiger partial charge in [0, 0.05) is 36.5 Å². The van der Waals surface area contributed by atoms with Gasteiger partial charge in [-0.2, -0.15) is 4.98 Å². The molecule has 0 unspecified atom stereocenters. The number of nitrogens with zero attached hydrogens (tertiary/aromatic N) is 4. The quantitative estimate of drug-likeness (QED) is 0.449. The number of aryl methyl sites for hydroxylation is 1. The SMILES string of the molecule is COc1ccc2ccc(=O)n(CCCN[C@@H]3CC[C@@H]4[C@@H](C3)OC(=O)N4c3ccc4c(n3)NC(=O)CO4)c2n1. The molecule has 1 aliphatic carbocycles. The molecule has 6 rings (SSSR count). The molecule has 0 radical (unpaired) electrons. The number of rotatable bonds is 7. The predicted octanol–water partition coefficient (Wildman–Crippen LogP) is 2.06. The molecule has 12 heteroatoms. The second kappa shape index (κ2) is 9.93. The van der Waals surface area contributed by atoms with Crippen LogP contribution in [-0.2, 0) is 16.1 Å². The van der Waals surface area contributed by atoms with Crippen LogP contribution in [0.3, 0.4) is 0 Å². The third kappa shape index (κ3) is 4.51. The van der Waals surface area contributed by atoms with E-state index in [9.17, 15) is 14.4 Å². The molecule has 1 saturated carbocycles. The fraction of sp³-hybridized carbons (Fsp3) is 0.423. The lowest BCUT2D eigenvalue weighted by atomic mass is 9.88. The van der Waals surface area contributed by atoms with Crippen molar-refractivity contribution in [2.24, 2.45) is 0 Å². The Bertz CT molecular complexity index is 1460. The van der Waals surface area contributed by atoms with Gasteiger partial charge in [0.1, 0.15) is 17.6 Å². The fourth-order valence-electron chi connectivity index (χ4n) is 5.41. The lowest BCUT2D eigenvalue weighted by Gasteiger charge is -2.33. The number of anilines is 2. The van der Waals surface area contributed by atoms with Gasteiger partial charge in [-0.25, -0.2) is 9.78 Å². The Morgan fingerprint density at radius 2 is 1.97 bits per heavy atom. The summed E-state index contributed by atoms with van der Waals surface area (Å²) in [5.41, 5.74) is 0.510. The van der Waals surface area contributed by atoms with Crippen molar-refractivity contribution in [1.82, 2.24) is 19.9 Å². The highest BCUT2D eigenvalue weighted by Gasteiger charge is 2.46. The number of hydrogen-bond acceptors (Lipinski definition) is 9. The standard InChI is InChI=1S/C26H28N6O6/c1-36-22-9-3-15-4-10-23(34)31(25(15)30-22)12-2-11-27-16-5-6-17-19(13-16)38-26(35)32(17)20-8-7-18-24(28-20)29-21(33)14-37-18/h3-4,7-10,16-17,19,27H,2,5-6,11-14H2,1H3,(H,28,29,33)/t16-,17-,19-/m1/s1. The number of amides is 2. The largest absolute Gasteiger partial charge is 0.481 e. The average Bonchev–Trinajstić information content (AvgIpc) is 3.26. The van der Waals surface area contributed by atoms with Crippen molar-refractivity contribution in [2.45, 2.75) is 50.4 Å². The molecule has 0 aromatic carbocycles. The second-order valence-electron chi connectivity index (χ2n) is 9.62. The molecular weight excluding hydrogens is 492 g/mol. The van der Waals surface area contributed by atoms with E-state index in [0.717, 1.165) is 24.6 Å². The van der Waals surface area contributed by atoms with E-state index in [-0.39, 0.29) is 36.3 Å². The number of pyridine rings is 3. The zero-order valence-electron chi connectivity index (χ0n) is 20.9. The molecule has 38 heavy (non-hydrogen) atoms. The topological polar surface area (TPSA) is 137 Å². The number of ether oxygens (including phenoxy) is 3. The Morgan fingerprint density at radius 1 is 1.11 bits per heavy atom. The van der Waals surface area contributed by atoms with E-state index in [2.05, 4.69) is 20.6 Å². The molecule has 1 saturated heterocycles. The van der Waals surface area contributed by atoms with Crippen LogP contribution in [0.5, 0.6) is 11.6 Å². The molecule has 2 fully saturated rings. The molecule has 2 aliphatic heterocycles. The van der Waals surface area contributed by atoms with Crippen LogP contribution in [0.15, 0.2) is 41.2 Å². The normalized spacial score (nSPS) is 22.3. The highest BCUT2D eigenvalue weighted by Crippen LogP contribution is 2.37. The minimum absolute atomic E-state index is 0.0524. The monoisotopic (exact) mass is 520 g/mol. The lowest BCUT2D eigenvalue weighted by molar-refractivity contribution is -0.118. The van der Waals surface area contributed by atoms with Crippen molar-refractivity contribution in [3.05, 3.63) is 46.8 Å². The van der Waals surface area contributed by atoms with Gasteiger partial charge in [-0.05, 0) is 50.1 Å². The molecule has 3 aromatic heterocycles. The van der Waals surface area contributed by atoms with Crippen LogP contribution in [-0.4, -0.2) is 65.0 Å². The maximum Gasteiger partial charge on any atom is 0.416 e. The number of carbonyl (C=O) groups excluding carboxylic acids is 2.